The Hall–Kier alpha value is -1.20. The lowest BCUT2D eigenvalue weighted by Gasteiger charge is -2.04. The molecule has 0 fully saturated rings. The monoisotopic (exact) mass is 285 g/mol. The van der Waals surface area contributed by atoms with Crippen molar-refractivity contribution in [1.82, 2.24) is 0 Å². The summed E-state index contributed by atoms with van der Waals surface area (Å²) in [7, 11) is 0. The van der Waals surface area contributed by atoms with E-state index >= 15 is 0 Å². The molecular formula is C11H12BrNO3. The van der Waals surface area contributed by atoms with Gasteiger partial charge in [-0.15, -0.1) is 0 Å². The number of benzene rings is 1. The van der Waals surface area contributed by atoms with Gasteiger partial charge in [0.15, 0.2) is 0 Å². The van der Waals surface area contributed by atoms with E-state index in [0.717, 1.165) is 5.57 Å². The standard InChI is InChI=1S/C11H12BrNO3/c1-7(8(2)14)5-9-3-4-10(12)11(6-9)13(15)16/h3-6,8,14H,1-2H3/b7-5+. The number of hydrogen-bond acceptors (Lipinski definition) is 3. The molecule has 1 aromatic carbocycles. The van der Waals surface area contributed by atoms with Crippen LogP contribution in [0.25, 0.3) is 6.08 Å². The van der Waals surface area contributed by atoms with Gasteiger partial charge in [-0.05, 0) is 47.0 Å². The van der Waals surface area contributed by atoms with E-state index in [1.54, 1.807) is 32.1 Å². The van der Waals surface area contributed by atoms with Gasteiger partial charge < -0.3 is 5.11 Å². The number of hydrogen-bond donors (Lipinski definition) is 1. The maximum absolute atomic E-state index is 10.7. The second kappa shape index (κ2) is 5.23. The Morgan fingerprint density at radius 1 is 1.62 bits per heavy atom. The topological polar surface area (TPSA) is 63.4 Å². The van der Waals surface area contributed by atoms with Crippen molar-refractivity contribution in [3.05, 3.63) is 43.9 Å². The Bertz CT molecular complexity index is 441. The van der Waals surface area contributed by atoms with Crippen LogP contribution in [0.4, 0.5) is 5.69 Å². The lowest BCUT2D eigenvalue weighted by atomic mass is 10.1. The molecule has 0 heterocycles. The van der Waals surface area contributed by atoms with E-state index in [1.807, 2.05) is 0 Å². The van der Waals surface area contributed by atoms with Crippen LogP contribution in [-0.2, 0) is 0 Å². The molecule has 1 N–H and O–H groups in total. The van der Waals surface area contributed by atoms with Gasteiger partial charge in [0.25, 0.3) is 5.69 Å². The summed E-state index contributed by atoms with van der Waals surface area (Å²) in [4.78, 5) is 10.3. The van der Waals surface area contributed by atoms with Crippen LogP contribution < -0.4 is 0 Å². The van der Waals surface area contributed by atoms with Gasteiger partial charge in [0.1, 0.15) is 0 Å². The van der Waals surface area contributed by atoms with E-state index in [0.29, 0.717) is 10.0 Å². The first-order valence-electron chi connectivity index (χ1n) is 4.72. The van der Waals surface area contributed by atoms with Crippen molar-refractivity contribution >= 4 is 27.7 Å². The van der Waals surface area contributed by atoms with Gasteiger partial charge in [-0.3, -0.25) is 10.1 Å². The third-order valence-corrected chi connectivity index (χ3v) is 2.89. The van der Waals surface area contributed by atoms with Gasteiger partial charge in [-0.1, -0.05) is 12.1 Å². The molecule has 1 unspecified atom stereocenters. The molecule has 0 aliphatic rings. The minimum atomic E-state index is -0.553. The van der Waals surface area contributed by atoms with Crippen molar-refractivity contribution in [3.8, 4) is 0 Å². The Morgan fingerprint density at radius 3 is 2.75 bits per heavy atom. The molecule has 1 rings (SSSR count). The van der Waals surface area contributed by atoms with E-state index < -0.39 is 11.0 Å². The van der Waals surface area contributed by atoms with E-state index in [-0.39, 0.29) is 5.69 Å². The molecule has 4 nitrogen and oxygen atoms in total. The van der Waals surface area contributed by atoms with Gasteiger partial charge in [-0.25, -0.2) is 0 Å². The van der Waals surface area contributed by atoms with Crippen molar-refractivity contribution in [1.29, 1.82) is 0 Å². The highest BCUT2D eigenvalue weighted by molar-refractivity contribution is 9.10. The summed E-state index contributed by atoms with van der Waals surface area (Å²) in [6, 6.07) is 4.85. The highest BCUT2D eigenvalue weighted by atomic mass is 79.9. The molecule has 86 valence electrons. The predicted octanol–water partition coefficient (Wildman–Crippen LogP) is 3.14. The molecule has 16 heavy (non-hydrogen) atoms. The van der Waals surface area contributed by atoms with Gasteiger partial charge in [0.2, 0.25) is 0 Å². The summed E-state index contributed by atoms with van der Waals surface area (Å²) in [5.74, 6) is 0. The van der Waals surface area contributed by atoms with E-state index in [2.05, 4.69) is 15.9 Å². The van der Waals surface area contributed by atoms with E-state index in [9.17, 15) is 15.2 Å². The van der Waals surface area contributed by atoms with Crippen molar-refractivity contribution in [2.75, 3.05) is 0 Å². The van der Waals surface area contributed by atoms with Crippen molar-refractivity contribution in [2.24, 2.45) is 0 Å². The normalized spacial score (nSPS) is 13.6. The van der Waals surface area contributed by atoms with Crippen LogP contribution in [0, 0.1) is 10.1 Å². The molecular weight excluding hydrogens is 274 g/mol. The van der Waals surface area contributed by atoms with Crippen LogP contribution in [0.15, 0.2) is 28.2 Å². The zero-order chi connectivity index (χ0) is 12.3. The van der Waals surface area contributed by atoms with Crippen molar-refractivity contribution in [2.45, 2.75) is 20.0 Å². The molecule has 0 aliphatic carbocycles. The Kier molecular flexibility index (Phi) is 4.20. The third-order valence-electron chi connectivity index (χ3n) is 2.22. The quantitative estimate of drug-likeness (QED) is 0.685. The van der Waals surface area contributed by atoms with Gasteiger partial charge in [0.05, 0.1) is 15.5 Å². The molecule has 1 atom stereocenters. The van der Waals surface area contributed by atoms with Crippen LogP contribution in [-0.4, -0.2) is 16.1 Å². The van der Waals surface area contributed by atoms with Crippen LogP contribution in [0.3, 0.4) is 0 Å². The van der Waals surface area contributed by atoms with Gasteiger partial charge >= 0.3 is 0 Å². The number of aliphatic hydroxyl groups excluding tert-OH is 1. The maximum atomic E-state index is 10.7. The molecule has 0 saturated heterocycles. The largest absolute Gasteiger partial charge is 0.389 e. The molecule has 0 radical (unpaired) electrons. The summed E-state index contributed by atoms with van der Waals surface area (Å²) in [6.07, 6.45) is 1.17. The highest BCUT2D eigenvalue weighted by Gasteiger charge is 2.11. The molecule has 5 heteroatoms. The fraction of sp³-hybridized carbons (Fsp3) is 0.273. The maximum Gasteiger partial charge on any atom is 0.284 e. The number of rotatable bonds is 3. The first kappa shape index (κ1) is 12.9. The minimum Gasteiger partial charge on any atom is -0.389 e. The lowest BCUT2D eigenvalue weighted by Crippen LogP contribution is -2.00. The molecule has 0 saturated carbocycles. The smallest absolute Gasteiger partial charge is 0.284 e. The Morgan fingerprint density at radius 2 is 2.25 bits per heavy atom. The average molecular weight is 286 g/mol. The van der Waals surface area contributed by atoms with Gasteiger partial charge in [0, 0.05) is 6.07 Å². The highest BCUT2D eigenvalue weighted by Crippen LogP contribution is 2.26. The molecule has 0 aliphatic heterocycles. The molecule has 1 aromatic rings. The fourth-order valence-corrected chi connectivity index (χ4v) is 1.53. The minimum absolute atomic E-state index is 0.0205. The van der Waals surface area contributed by atoms with Crippen molar-refractivity contribution in [3.63, 3.8) is 0 Å². The summed E-state index contributed by atoms with van der Waals surface area (Å²) < 4.78 is 0.448. The average Bonchev–Trinajstić information content (AvgIpc) is 2.20. The molecule has 0 amide bonds. The van der Waals surface area contributed by atoms with Crippen molar-refractivity contribution < 1.29 is 10.0 Å². The van der Waals surface area contributed by atoms with Crippen LogP contribution in [0.2, 0.25) is 0 Å². The second-order valence-electron chi connectivity index (χ2n) is 3.53. The second-order valence-corrected chi connectivity index (χ2v) is 4.39. The van der Waals surface area contributed by atoms with E-state index in [1.165, 1.54) is 6.07 Å². The summed E-state index contributed by atoms with van der Waals surface area (Å²) >= 11 is 3.11. The summed E-state index contributed by atoms with van der Waals surface area (Å²) in [6.45, 7) is 3.43. The summed E-state index contributed by atoms with van der Waals surface area (Å²) in [5, 5.41) is 20.0. The van der Waals surface area contributed by atoms with E-state index in [4.69, 9.17) is 0 Å². The Balaban J connectivity index is 3.13. The van der Waals surface area contributed by atoms with Crippen LogP contribution >= 0.6 is 15.9 Å². The molecule has 0 bridgehead atoms. The zero-order valence-electron chi connectivity index (χ0n) is 8.98. The SMILES string of the molecule is C/C(=C\c1ccc(Br)c([N+](=O)[O-])c1)C(C)O. The number of aliphatic hydroxyl groups is 1. The lowest BCUT2D eigenvalue weighted by molar-refractivity contribution is -0.385. The number of nitro groups is 1. The van der Waals surface area contributed by atoms with Gasteiger partial charge in [-0.2, -0.15) is 0 Å². The van der Waals surface area contributed by atoms with Crippen LogP contribution in [0.5, 0.6) is 0 Å². The molecule has 0 aromatic heterocycles. The predicted molar refractivity (Wildman–Crippen MR) is 66.1 cm³/mol. The number of nitro benzene ring substituents is 1. The third kappa shape index (κ3) is 3.15. The number of halogens is 1. The fourth-order valence-electron chi connectivity index (χ4n) is 1.14. The Labute approximate surface area is 102 Å². The first-order valence-corrected chi connectivity index (χ1v) is 5.51. The first-order chi connectivity index (χ1) is 7.41. The zero-order valence-corrected chi connectivity index (χ0v) is 10.6. The summed E-state index contributed by atoms with van der Waals surface area (Å²) in [5.41, 5.74) is 1.48. The molecule has 0 spiro atoms. The number of nitrogens with zero attached hydrogens (tertiary/aromatic N) is 1. The van der Waals surface area contributed by atoms with Crippen LogP contribution in [0.1, 0.15) is 19.4 Å².